The van der Waals surface area contributed by atoms with Crippen LogP contribution in [0, 0.1) is 0 Å². The Morgan fingerprint density at radius 3 is 2.17 bits per heavy atom. The average Bonchev–Trinajstić information content (AvgIpc) is 1.41. The van der Waals surface area contributed by atoms with Gasteiger partial charge in [0.05, 0.1) is 0 Å². The maximum absolute atomic E-state index is 9.40. The van der Waals surface area contributed by atoms with E-state index in [2.05, 4.69) is 4.74 Å². The molecule has 0 heterocycles. The standard InChI is InChI=1S/C3H7O2.Na/c1-5-3-2-4;/h2-3H2,1H3;/q-1;+1. The molecule has 0 aromatic carbocycles. The van der Waals surface area contributed by atoms with E-state index in [9.17, 15) is 5.11 Å². The summed E-state index contributed by atoms with van der Waals surface area (Å²) in [5.41, 5.74) is 0. The van der Waals surface area contributed by atoms with Crippen molar-refractivity contribution in [3.8, 4) is 0 Å². The third-order valence-electron chi connectivity index (χ3n) is 0.287. The molecule has 0 atom stereocenters. The Balaban J connectivity index is 0. The van der Waals surface area contributed by atoms with E-state index in [1.807, 2.05) is 0 Å². The number of hydrogen-bond donors (Lipinski definition) is 0. The van der Waals surface area contributed by atoms with E-state index in [1.165, 1.54) is 7.11 Å². The van der Waals surface area contributed by atoms with Crippen LogP contribution in [0.4, 0.5) is 0 Å². The van der Waals surface area contributed by atoms with Gasteiger partial charge in [0, 0.05) is 13.7 Å². The van der Waals surface area contributed by atoms with Crippen molar-refractivity contribution in [2.75, 3.05) is 20.3 Å². The molecule has 0 N–H and O–H groups in total. The van der Waals surface area contributed by atoms with Crippen molar-refractivity contribution < 1.29 is 39.4 Å². The molecule has 0 bridgehead atoms. The summed E-state index contributed by atoms with van der Waals surface area (Å²) in [4.78, 5) is 0. The summed E-state index contributed by atoms with van der Waals surface area (Å²) in [6.45, 7) is 0.205. The van der Waals surface area contributed by atoms with Crippen LogP contribution in [0.2, 0.25) is 0 Å². The predicted molar refractivity (Wildman–Crippen MR) is 16.7 cm³/mol. The third-order valence-corrected chi connectivity index (χ3v) is 0.287. The van der Waals surface area contributed by atoms with Gasteiger partial charge in [-0.1, -0.05) is 0 Å². The van der Waals surface area contributed by atoms with Crippen molar-refractivity contribution in [1.29, 1.82) is 0 Å². The Morgan fingerprint density at radius 2 is 2.17 bits per heavy atom. The monoisotopic (exact) mass is 98.0 g/mol. The zero-order chi connectivity index (χ0) is 4.12. The molecule has 0 aliphatic heterocycles. The molecule has 0 aromatic rings. The molecule has 0 amide bonds. The fourth-order valence-electron chi connectivity index (χ4n) is 0.0833. The van der Waals surface area contributed by atoms with Crippen LogP contribution in [-0.4, -0.2) is 20.3 Å². The molecule has 0 unspecified atom stereocenters. The van der Waals surface area contributed by atoms with Gasteiger partial charge in [-0.05, 0) is 0 Å². The summed E-state index contributed by atoms with van der Waals surface area (Å²) >= 11 is 0. The summed E-state index contributed by atoms with van der Waals surface area (Å²) in [6.07, 6.45) is 0. The molecular formula is C3H7NaO2. The van der Waals surface area contributed by atoms with Gasteiger partial charge >= 0.3 is 29.6 Å². The van der Waals surface area contributed by atoms with E-state index in [0.717, 1.165) is 0 Å². The summed E-state index contributed by atoms with van der Waals surface area (Å²) in [5, 5.41) is 9.40. The van der Waals surface area contributed by atoms with Gasteiger partial charge in [-0.2, -0.15) is 0 Å². The zero-order valence-corrected chi connectivity index (χ0v) is 6.23. The molecule has 0 rings (SSSR count). The smallest absolute Gasteiger partial charge is 0.853 e. The Hall–Kier alpha value is 0.920. The minimum atomic E-state index is -0.128. The van der Waals surface area contributed by atoms with Crippen LogP contribution in [0.15, 0.2) is 0 Å². The number of rotatable bonds is 2. The maximum atomic E-state index is 9.40. The molecule has 0 saturated heterocycles. The van der Waals surface area contributed by atoms with E-state index in [0.29, 0.717) is 6.61 Å². The van der Waals surface area contributed by atoms with Crippen LogP contribution in [0.25, 0.3) is 0 Å². The Bertz CT molecular complexity index is 16.3. The minimum absolute atomic E-state index is 0. The third kappa shape index (κ3) is 8.87. The molecule has 0 fully saturated rings. The van der Waals surface area contributed by atoms with Crippen molar-refractivity contribution in [2.24, 2.45) is 0 Å². The molecule has 0 spiro atoms. The SMILES string of the molecule is COCC[O-].[Na+]. The first kappa shape index (κ1) is 10.0. The molecule has 0 radical (unpaired) electrons. The second-order valence-corrected chi connectivity index (χ2v) is 0.697. The fraction of sp³-hybridized carbons (Fsp3) is 1.00. The number of methoxy groups -OCH3 is 1. The van der Waals surface area contributed by atoms with Crippen LogP contribution < -0.4 is 34.7 Å². The Kier molecular flexibility index (Phi) is 15.6. The van der Waals surface area contributed by atoms with Gasteiger partial charge in [0.15, 0.2) is 0 Å². The van der Waals surface area contributed by atoms with Gasteiger partial charge in [-0.25, -0.2) is 0 Å². The van der Waals surface area contributed by atoms with E-state index in [4.69, 9.17) is 0 Å². The number of hydrogen-bond acceptors (Lipinski definition) is 2. The molecule has 6 heavy (non-hydrogen) atoms. The fourth-order valence-corrected chi connectivity index (χ4v) is 0.0833. The first-order chi connectivity index (χ1) is 2.41. The summed E-state index contributed by atoms with van der Waals surface area (Å²) in [7, 11) is 1.51. The molecule has 2 nitrogen and oxygen atoms in total. The molecule has 0 aliphatic rings. The second kappa shape index (κ2) is 9.33. The molecule has 0 aromatic heterocycles. The van der Waals surface area contributed by atoms with Crippen molar-refractivity contribution in [2.45, 2.75) is 0 Å². The van der Waals surface area contributed by atoms with Crippen LogP contribution in [0.3, 0.4) is 0 Å². The van der Waals surface area contributed by atoms with Gasteiger partial charge in [0.1, 0.15) is 0 Å². The Morgan fingerprint density at radius 1 is 1.67 bits per heavy atom. The van der Waals surface area contributed by atoms with Crippen molar-refractivity contribution >= 4 is 0 Å². The largest absolute Gasteiger partial charge is 1.00 e. The predicted octanol–water partition coefficient (Wildman–Crippen LogP) is -4.00. The van der Waals surface area contributed by atoms with Gasteiger partial charge in [0.2, 0.25) is 0 Å². The van der Waals surface area contributed by atoms with E-state index in [1.54, 1.807) is 0 Å². The van der Waals surface area contributed by atoms with Crippen LogP contribution >= 0.6 is 0 Å². The van der Waals surface area contributed by atoms with Crippen LogP contribution in [-0.2, 0) is 4.74 Å². The first-order valence-corrected chi connectivity index (χ1v) is 1.49. The van der Waals surface area contributed by atoms with Crippen molar-refractivity contribution in [3.63, 3.8) is 0 Å². The molecule has 3 heteroatoms. The molecule has 32 valence electrons. The van der Waals surface area contributed by atoms with E-state index in [-0.39, 0.29) is 36.2 Å². The molecular weight excluding hydrogens is 91.0 g/mol. The quantitative estimate of drug-likeness (QED) is 0.330. The zero-order valence-electron chi connectivity index (χ0n) is 4.23. The van der Waals surface area contributed by atoms with E-state index >= 15 is 0 Å². The van der Waals surface area contributed by atoms with Gasteiger partial charge in [-0.15, -0.1) is 6.61 Å². The summed E-state index contributed by atoms with van der Waals surface area (Å²) in [5.74, 6) is 0. The Labute approximate surface area is 59.8 Å². The topological polar surface area (TPSA) is 32.3 Å². The molecule has 0 saturated carbocycles. The summed E-state index contributed by atoms with van der Waals surface area (Å²) < 4.78 is 4.38. The van der Waals surface area contributed by atoms with Crippen molar-refractivity contribution in [1.82, 2.24) is 0 Å². The molecule has 0 aliphatic carbocycles. The first-order valence-electron chi connectivity index (χ1n) is 1.49. The van der Waals surface area contributed by atoms with Crippen LogP contribution in [0.1, 0.15) is 0 Å². The minimum Gasteiger partial charge on any atom is -0.853 e. The maximum Gasteiger partial charge on any atom is 1.00 e. The average molecular weight is 98.1 g/mol. The van der Waals surface area contributed by atoms with Gasteiger partial charge in [0.25, 0.3) is 0 Å². The normalized spacial score (nSPS) is 7.00. The second-order valence-electron chi connectivity index (χ2n) is 0.697. The van der Waals surface area contributed by atoms with Gasteiger partial charge < -0.3 is 9.84 Å². The van der Waals surface area contributed by atoms with Crippen molar-refractivity contribution in [3.05, 3.63) is 0 Å². The van der Waals surface area contributed by atoms with E-state index < -0.39 is 0 Å². The van der Waals surface area contributed by atoms with Gasteiger partial charge in [-0.3, -0.25) is 0 Å². The van der Waals surface area contributed by atoms with Crippen LogP contribution in [0.5, 0.6) is 0 Å². The summed E-state index contributed by atoms with van der Waals surface area (Å²) in [6, 6.07) is 0. The number of ether oxygens (including phenoxy) is 1.